The molecule has 0 saturated heterocycles. The Morgan fingerprint density at radius 2 is 1.82 bits per heavy atom. The van der Waals surface area contributed by atoms with E-state index >= 15 is 0 Å². The summed E-state index contributed by atoms with van der Waals surface area (Å²) in [5.74, 6) is -1.05. The molecule has 2 heterocycles. The van der Waals surface area contributed by atoms with Crippen LogP contribution in [0.5, 0.6) is 0 Å². The van der Waals surface area contributed by atoms with E-state index in [1.54, 1.807) is 83.9 Å². The molecule has 0 saturated carbocycles. The lowest BCUT2D eigenvalue weighted by Gasteiger charge is -2.18. The molecule has 0 aliphatic carbocycles. The predicted octanol–water partition coefficient (Wildman–Crippen LogP) is 3.64. The van der Waals surface area contributed by atoms with Crippen LogP contribution in [0.1, 0.15) is 32.5 Å². The second-order valence-corrected chi connectivity index (χ2v) is 9.63. The highest BCUT2D eigenvalue weighted by Crippen LogP contribution is 2.29. The van der Waals surface area contributed by atoms with Crippen molar-refractivity contribution in [2.45, 2.75) is 17.2 Å². The number of rotatable bonds is 7. The van der Waals surface area contributed by atoms with Gasteiger partial charge in [-0.1, -0.05) is 36.4 Å². The third-order valence-corrected chi connectivity index (χ3v) is 7.20. The Morgan fingerprint density at radius 1 is 1.12 bits per heavy atom. The summed E-state index contributed by atoms with van der Waals surface area (Å²) in [6.07, 6.45) is 3.55. The summed E-state index contributed by atoms with van der Waals surface area (Å²) in [5.41, 5.74) is 3.61. The van der Waals surface area contributed by atoms with Crippen molar-refractivity contribution >= 4 is 51.9 Å². The molecule has 8 nitrogen and oxygen atoms in total. The molecule has 3 N–H and O–H groups in total. The fourth-order valence-electron chi connectivity index (χ4n) is 3.41. The van der Waals surface area contributed by atoms with Crippen LogP contribution >= 0.6 is 23.1 Å². The quantitative estimate of drug-likeness (QED) is 0.207. The summed E-state index contributed by atoms with van der Waals surface area (Å²) < 4.78 is 1.08. The number of thiophene rings is 1. The topological polar surface area (TPSA) is 116 Å². The van der Waals surface area contributed by atoms with Gasteiger partial charge in [0.05, 0.1) is 15.8 Å². The van der Waals surface area contributed by atoms with Gasteiger partial charge in [0, 0.05) is 21.4 Å². The van der Waals surface area contributed by atoms with E-state index in [1.165, 1.54) is 0 Å². The molecule has 0 aliphatic heterocycles. The molecule has 2 aromatic heterocycles. The van der Waals surface area contributed by atoms with Crippen LogP contribution in [-0.2, 0) is 4.79 Å². The molecule has 172 valence electrons. The van der Waals surface area contributed by atoms with Gasteiger partial charge in [0.2, 0.25) is 0 Å². The molecule has 0 spiro atoms. The summed E-state index contributed by atoms with van der Waals surface area (Å²) in [6.45, 7) is 2.00. The van der Waals surface area contributed by atoms with Crippen molar-refractivity contribution in [1.82, 2.24) is 20.9 Å². The standard InChI is InChI=1S/C24H21N5O3S2/c1-14-12-16(24(33-2)34-14)13-25-28-23(32)20(26-21(30)15-8-4-3-5-9-15)19-17-10-6-7-11-18(17)22(31)29-27-19/h3-13,20H,1-2H3,(H,26,30)(H,28,32)(H,29,31). The average molecular weight is 492 g/mol. The maximum absolute atomic E-state index is 13.2. The molecule has 0 bridgehead atoms. The van der Waals surface area contributed by atoms with Crippen LogP contribution in [0.25, 0.3) is 10.8 Å². The Labute approximate surface area is 203 Å². The number of aromatic amines is 1. The fourth-order valence-corrected chi connectivity index (χ4v) is 5.19. The van der Waals surface area contributed by atoms with Gasteiger partial charge in [-0.3, -0.25) is 14.4 Å². The minimum absolute atomic E-state index is 0.211. The highest BCUT2D eigenvalue weighted by Gasteiger charge is 2.27. The van der Waals surface area contributed by atoms with Gasteiger partial charge in [0.15, 0.2) is 6.04 Å². The van der Waals surface area contributed by atoms with Crippen LogP contribution in [0.15, 0.2) is 74.8 Å². The lowest BCUT2D eigenvalue weighted by atomic mass is 10.0. The van der Waals surface area contributed by atoms with Gasteiger partial charge in [-0.25, -0.2) is 10.5 Å². The summed E-state index contributed by atoms with van der Waals surface area (Å²) >= 11 is 3.24. The SMILES string of the molecule is CSc1sc(C)cc1C=NNC(=O)C(NC(=O)c1ccccc1)c1n[nH]c(=O)c2ccccc12. The Bertz CT molecular complexity index is 1430. The molecule has 2 amide bonds. The molecule has 1 unspecified atom stereocenters. The smallest absolute Gasteiger partial charge is 0.272 e. The van der Waals surface area contributed by atoms with Gasteiger partial charge >= 0.3 is 0 Å². The third-order valence-electron chi connectivity index (χ3n) is 4.98. The second kappa shape index (κ2) is 10.4. The van der Waals surface area contributed by atoms with Crippen LogP contribution in [-0.4, -0.2) is 34.5 Å². The molecule has 1 atom stereocenters. The first kappa shape index (κ1) is 23.4. The largest absolute Gasteiger partial charge is 0.335 e. The number of amides is 2. The van der Waals surface area contributed by atoms with Gasteiger partial charge < -0.3 is 5.32 Å². The van der Waals surface area contributed by atoms with E-state index in [0.717, 1.165) is 14.6 Å². The highest BCUT2D eigenvalue weighted by molar-refractivity contribution is 8.00. The van der Waals surface area contributed by atoms with Crippen molar-refractivity contribution in [3.63, 3.8) is 0 Å². The van der Waals surface area contributed by atoms with Crippen LogP contribution in [0.4, 0.5) is 0 Å². The number of H-pyrrole nitrogens is 1. The normalized spacial score (nSPS) is 12.1. The number of nitrogens with zero attached hydrogens (tertiary/aromatic N) is 2. The summed E-state index contributed by atoms with van der Waals surface area (Å²) in [5, 5.41) is 14.2. The van der Waals surface area contributed by atoms with Gasteiger partial charge in [-0.2, -0.15) is 10.2 Å². The zero-order chi connectivity index (χ0) is 24.1. The number of hydrazone groups is 1. The predicted molar refractivity (Wildman–Crippen MR) is 136 cm³/mol. The molecule has 4 rings (SSSR count). The number of hydrogen-bond donors (Lipinski definition) is 3. The molecule has 34 heavy (non-hydrogen) atoms. The third kappa shape index (κ3) is 5.08. The Kier molecular flexibility index (Phi) is 7.19. The molecule has 0 aliphatic rings. The lowest BCUT2D eigenvalue weighted by Crippen LogP contribution is -2.40. The van der Waals surface area contributed by atoms with E-state index in [2.05, 4.69) is 26.0 Å². The van der Waals surface area contributed by atoms with Crippen molar-refractivity contribution in [2.75, 3.05) is 6.26 Å². The maximum Gasteiger partial charge on any atom is 0.272 e. The van der Waals surface area contributed by atoms with Gasteiger partial charge in [-0.15, -0.1) is 23.1 Å². The van der Waals surface area contributed by atoms with E-state index in [0.29, 0.717) is 16.3 Å². The van der Waals surface area contributed by atoms with E-state index in [1.807, 2.05) is 19.2 Å². The number of carbonyl (C=O) groups excluding carboxylic acids is 2. The Balaban J connectivity index is 1.67. The first-order valence-electron chi connectivity index (χ1n) is 10.3. The summed E-state index contributed by atoms with van der Waals surface area (Å²) in [4.78, 5) is 39.5. The number of aryl methyl sites for hydroxylation is 1. The van der Waals surface area contributed by atoms with Crippen molar-refractivity contribution < 1.29 is 9.59 Å². The van der Waals surface area contributed by atoms with E-state index in [-0.39, 0.29) is 11.3 Å². The summed E-state index contributed by atoms with van der Waals surface area (Å²) in [7, 11) is 0. The maximum atomic E-state index is 13.2. The van der Waals surface area contributed by atoms with Crippen LogP contribution in [0.2, 0.25) is 0 Å². The number of fused-ring (bicyclic) bond motifs is 1. The minimum atomic E-state index is -1.20. The number of nitrogens with one attached hydrogen (secondary N) is 3. The highest BCUT2D eigenvalue weighted by atomic mass is 32.2. The number of benzene rings is 2. The van der Waals surface area contributed by atoms with Crippen molar-refractivity contribution in [3.05, 3.63) is 92.7 Å². The summed E-state index contributed by atoms with van der Waals surface area (Å²) in [6, 6.07) is 16.1. The van der Waals surface area contributed by atoms with Gasteiger partial charge in [0.25, 0.3) is 17.4 Å². The average Bonchev–Trinajstić information content (AvgIpc) is 3.23. The van der Waals surface area contributed by atoms with Crippen molar-refractivity contribution in [2.24, 2.45) is 5.10 Å². The molecule has 2 aromatic carbocycles. The zero-order valence-corrected chi connectivity index (χ0v) is 20.0. The van der Waals surface area contributed by atoms with Crippen LogP contribution in [0, 0.1) is 6.92 Å². The molecular formula is C24H21N5O3S2. The molecule has 10 heteroatoms. The van der Waals surface area contributed by atoms with Crippen LogP contribution in [0.3, 0.4) is 0 Å². The van der Waals surface area contributed by atoms with Crippen molar-refractivity contribution in [1.29, 1.82) is 0 Å². The molecular weight excluding hydrogens is 470 g/mol. The van der Waals surface area contributed by atoms with E-state index in [4.69, 9.17) is 0 Å². The number of thioether (sulfide) groups is 1. The first-order valence-corrected chi connectivity index (χ1v) is 12.3. The molecule has 0 fully saturated rings. The second-order valence-electron chi connectivity index (χ2n) is 7.29. The van der Waals surface area contributed by atoms with E-state index in [9.17, 15) is 14.4 Å². The minimum Gasteiger partial charge on any atom is -0.335 e. The van der Waals surface area contributed by atoms with Gasteiger partial charge in [-0.05, 0) is 37.4 Å². The lowest BCUT2D eigenvalue weighted by molar-refractivity contribution is -0.123. The molecule has 0 radical (unpaired) electrons. The monoisotopic (exact) mass is 491 g/mol. The Hall–Kier alpha value is -3.76. The molecule has 4 aromatic rings. The Morgan fingerprint density at radius 3 is 2.56 bits per heavy atom. The van der Waals surface area contributed by atoms with Crippen LogP contribution < -0.4 is 16.3 Å². The van der Waals surface area contributed by atoms with Crippen molar-refractivity contribution in [3.8, 4) is 0 Å². The zero-order valence-electron chi connectivity index (χ0n) is 18.4. The van der Waals surface area contributed by atoms with E-state index < -0.39 is 17.9 Å². The fraction of sp³-hybridized carbons (Fsp3) is 0.125. The first-order chi connectivity index (χ1) is 16.5. The number of aromatic nitrogens is 2. The van der Waals surface area contributed by atoms with Gasteiger partial charge in [0.1, 0.15) is 5.69 Å². The number of carbonyl (C=O) groups is 2. The number of hydrogen-bond acceptors (Lipinski definition) is 7.